The molecule has 20 heteroatoms. The first-order valence-corrected chi connectivity index (χ1v) is 17.0. The zero-order valence-electron chi connectivity index (χ0n) is 31.1. The molecular weight excluding hydrogens is 692 g/mol. The molecule has 54 heavy (non-hydrogen) atoms. The van der Waals surface area contributed by atoms with Crippen LogP contribution in [0.2, 0.25) is 0 Å². The van der Waals surface area contributed by atoms with Crippen molar-refractivity contribution in [2.75, 3.05) is 10.6 Å². The summed E-state index contributed by atoms with van der Waals surface area (Å²) in [5.74, 6) is -1.03. The van der Waals surface area contributed by atoms with Crippen LogP contribution in [-0.4, -0.2) is 58.5 Å². The molecule has 2 rings (SSSR count). The number of carbonyl (C=O) groups is 2. The molecule has 0 aliphatic carbocycles. The van der Waals surface area contributed by atoms with Crippen LogP contribution in [0.4, 0.5) is 11.4 Å². The van der Waals surface area contributed by atoms with E-state index in [1.54, 1.807) is 64.1 Å². The minimum absolute atomic E-state index is 0.143. The number of nitrogens with one attached hydrogen (secondary N) is 2. The predicted molar refractivity (Wildman–Crippen MR) is 219 cm³/mol. The highest BCUT2D eigenvalue weighted by Crippen LogP contribution is 2.20. The summed E-state index contributed by atoms with van der Waals surface area (Å²) in [5.41, 5.74) is 49.0. The number of carbonyl (C=O) groups excluding carboxylic acids is 2. The van der Waals surface area contributed by atoms with Crippen LogP contribution < -0.4 is 56.5 Å². The Balaban J connectivity index is 1.91. The van der Waals surface area contributed by atoms with Crippen LogP contribution in [0.1, 0.15) is 101 Å². The number of hydrogen-bond donors (Lipinski definition) is 10. The van der Waals surface area contributed by atoms with Gasteiger partial charge in [-0.3, -0.25) is 9.59 Å². The van der Waals surface area contributed by atoms with Crippen LogP contribution in [0.5, 0.6) is 0 Å². The van der Waals surface area contributed by atoms with Gasteiger partial charge in [-0.15, -0.1) is 20.4 Å². The summed E-state index contributed by atoms with van der Waals surface area (Å²) in [6.45, 7) is 6.92. The Morgan fingerprint density at radius 1 is 0.407 bits per heavy atom. The van der Waals surface area contributed by atoms with Crippen molar-refractivity contribution < 1.29 is 9.59 Å². The second-order valence-electron chi connectivity index (χ2n) is 12.2. The molecule has 0 atom stereocenters. The van der Waals surface area contributed by atoms with Gasteiger partial charge < -0.3 is 56.5 Å². The summed E-state index contributed by atoms with van der Waals surface area (Å²) >= 11 is 0. The molecule has 0 aliphatic rings. The summed E-state index contributed by atoms with van der Waals surface area (Å²) in [4.78, 5) is 25.7. The molecule has 0 saturated carbocycles. The quantitative estimate of drug-likeness (QED) is 0.0426. The van der Waals surface area contributed by atoms with Gasteiger partial charge in [0.2, 0.25) is 35.7 Å². The zero-order valence-corrected chi connectivity index (χ0v) is 31.1. The highest BCUT2D eigenvalue weighted by molar-refractivity contribution is 6.07. The van der Waals surface area contributed by atoms with Crippen molar-refractivity contribution in [3.63, 3.8) is 0 Å². The number of rotatable bonds is 19. The molecule has 290 valence electrons. The van der Waals surface area contributed by atoms with Gasteiger partial charge in [0, 0.05) is 46.5 Å². The molecule has 0 fully saturated rings. The maximum atomic E-state index is 12.8. The summed E-state index contributed by atoms with van der Waals surface area (Å²) in [7, 11) is 0. The molecule has 0 radical (unpaired) electrons. The lowest BCUT2D eigenvalue weighted by Gasteiger charge is -2.11. The van der Waals surface area contributed by atoms with Crippen molar-refractivity contribution in [1.82, 2.24) is 0 Å². The van der Waals surface area contributed by atoms with Gasteiger partial charge in [-0.2, -0.15) is 20.4 Å². The second-order valence-corrected chi connectivity index (χ2v) is 12.2. The van der Waals surface area contributed by atoms with E-state index in [1.807, 2.05) is 0 Å². The molecule has 0 saturated heterocycles. The zero-order chi connectivity index (χ0) is 40.2. The fraction of sp³-hybridized carbons (Fsp3) is 0.353. The average Bonchev–Trinajstić information content (AvgIpc) is 3.11. The van der Waals surface area contributed by atoms with Crippen molar-refractivity contribution >= 4 is 69.9 Å². The number of unbranched alkanes of at least 4 members (excludes halogenated alkanes) is 5. The number of anilines is 2. The lowest BCUT2D eigenvalue weighted by molar-refractivity contribution is -0.117. The van der Waals surface area contributed by atoms with E-state index in [1.165, 1.54) is 0 Å². The first-order chi connectivity index (χ1) is 25.5. The number of amides is 2. The van der Waals surface area contributed by atoms with E-state index in [9.17, 15) is 9.59 Å². The summed E-state index contributed by atoms with van der Waals surface area (Å²) in [6, 6.07) is 10.7. The molecule has 2 amide bonds. The first-order valence-electron chi connectivity index (χ1n) is 17.0. The van der Waals surface area contributed by atoms with Crippen LogP contribution in [0, 0.1) is 0 Å². The number of nitrogens with two attached hydrogens (primary N) is 8. The standard InChI is InChI=1S/C34H52N18O2/c1-19(45-49-31(35)36)23-13-24(20(2)46-50-32(37)38)16-27(15-23)43-29(53)11-9-7-5-6-8-10-12-30(54)44-28-17-25(21(3)47-51-33(39)40)14-26(18-28)22(4)48-52-34(41)42/h13-18H,5-12H2,1-4H3,(H,43,53)(H,44,54)(H4,35,36,49)(H4,37,38,50)(H4,39,40,51)(H4,41,42,52)/b45-19-,46-20-,47-21-,48-22-. The van der Waals surface area contributed by atoms with Crippen molar-refractivity contribution in [2.45, 2.75) is 79.1 Å². The molecule has 0 aromatic heterocycles. The molecule has 0 heterocycles. The van der Waals surface area contributed by atoms with Gasteiger partial charge in [-0.05, 0) is 76.9 Å². The highest BCUT2D eigenvalue weighted by Gasteiger charge is 2.12. The van der Waals surface area contributed by atoms with Gasteiger partial charge >= 0.3 is 0 Å². The monoisotopic (exact) mass is 744 g/mol. The average molecular weight is 745 g/mol. The fourth-order valence-corrected chi connectivity index (χ4v) is 4.72. The SMILES string of the molecule is C/C(=N/N=C(N)N)c1cc(NC(=O)CCCCCCCCC(=O)Nc2cc(/C(C)=N\N=C(N)N)cc(/C(C)=N\N=C(N)N)c2)cc(/C(C)=N\N=C(N)N)c1. The molecular formula is C34H52N18O2. The van der Waals surface area contributed by atoms with Crippen LogP contribution in [0.3, 0.4) is 0 Å². The van der Waals surface area contributed by atoms with E-state index in [4.69, 9.17) is 45.9 Å². The highest BCUT2D eigenvalue weighted by atomic mass is 16.2. The third-order valence-electron chi connectivity index (χ3n) is 7.42. The van der Waals surface area contributed by atoms with E-state index in [-0.39, 0.29) is 35.7 Å². The van der Waals surface area contributed by atoms with Crippen LogP contribution >= 0.6 is 0 Å². The summed E-state index contributed by atoms with van der Waals surface area (Å²) in [6.07, 6.45) is 5.62. The lowest BCUT2D eigenvalue weighted by atomic mass is 10.0. The number of benzene rings is 2. The van der Waals surface area contributed by atoms with E-state index < -0.39 is 0 Å². The Labute approximate surface area is 314 Å². The normalized spacial score (nSPS) is 12.0. The molecule has 0 spiro atoms. The van der Waals surface area contributed by atoms with Crippen molar-refractivity contribution in [3.8, 4) is 0 Å². The second kappa shape index (κ2) is 22.2. The van der Waals surface area contributed by atoms with Gasteiger partial charge in [0.25, 0.3) is 0 Å². The Morgan fingerprint density at radius 2 is 0.648 bits per heavy atom. The fourth-order valence-electron chi connectivity index (χ4n) is 4.72. The van der Waals surface area contributed by atoms with Gasteiger partial charge in [-0.1, -0.05) is 25.7 Å². The number of nitrogens with zero attached hydrogens (tertiary/aromatic N) is 8. The Kier molecular flexibility index (Phi) is 17.8. The topological polar surface area (TPSA) is 365 Å². The first kappa shape index (κ1) is 43.3. The van der Waals surface area contributed by atoms with Crippen LogP contribution in [0.25, 0.3) is 0 Å². The van der Waals surface area contributed by atoms with Crippen LogP contribution in [-0.2, 0) is 9.59 Å². The van der Waals surface area contributed by atoms with Crippen LogP contribution in [0.15, 0.2) is 77.2 Å². The largest absolute Gasteiger partial charge is 0.369 e. The van der Waals surface area contributed by atoms with E-state index in [2.05, 4.69) is 51.4 Å². The minimum Gasteiger partial charge on any atom is -0.369 e. The molecule has 2 aromatic rings. The van der Waals surface area contributed by atoms with E-state index in [0.717, 1.165) is 25.7 Å². The Morgan fingerprint density at radius 3 is 0.889 bits per heavy atom. The molecule has 20 nitrogen and oxygen atoms in total. The molecule has 0 aliphatic heterocycles. The Bertz CT molecular complexity index is 1630. The third-order valence-corrected chi connectivity index (χ3v) is 7.42. The molecule has 18 N–H and O–H groups in total. The smallest absolute Gasteiger partial charge is 0.224 e. The maximum Gasteiger partial charge on any atom is 0.224 e. The molecule has 0 unspecified atom stereocenters. The van der Waals surface area contributed by atoms with Gasteiger partial charge in [0.1, 0.15) is 0 Å². The van der Waals surface area contributed by atoms with E-state index >= 15 is 0 Å². The van der Waals surface area contributed by atoms with Gasteiger partial charge in [-0.25, -0.2) is 0 Å². The minimum atomic E-state index is -0.185. The summed E-state index contributed by atoms with van der Waals surface area (Å²) < 4.78 is 0. The summed E-state index contributed by atoms with van der Waals surface area (Å²) in [5, 5.41) is 36.8. The predicted octanol–water partition coefficient (Wildman–Crippen LogP) is 1.37. The number of hydrogen-bond acceptors (Lipinski definition) is 10. The van der Waals surface area contributed by atoms with E-state index in [0.29, 0.717) is 82.2 Å². The lowest BCUT2D eigenvalue weighted by Crippen LogP contribution is -2.22. The molecule has 0 bridgehead atoms. The van der Waals surface area contributed by atoms with Gasteiger partial charge in [0.15, 0.2) is 0 Å². The Hall–Kier alpha value is -6.86. The molecule has 2 aromatic carbocycles. The third kappa shape index (κ3) is 16.9. The van der Waals surface area contributed by atoms with Crippen molar-refractivity contribution in [1.29, 1.82) is 0 Å². The number of guanidine groups is 4. The van der Waals surface area contributed by atoms with Gasteiger partial charge in [0.05, 0.1) is 22.8 Å². The van der Waals surface area contributed by atoms with Crippen molar-refractivity contribution in [2.24, 2.45) is 86.7 Å². The van der Waals surface area contributed by atoms with Crippen molar-refractivity contribution in [3.05, 3.63) is 58.7 Å². The maximum absolute atomic E-state index is 12.8.